The molecule has 2 saturated heterocycles. The van der Waals surface area contributed by atoms with Crippen LogP contribution in [0.2, 0.25) is 0 Å². The molecule has 0 unspecified atom stereocenters. The fourth-order valence-electron chi connectivity index (χ4n) is 4.44. The molecule has 2 aliphatic rings. The maximum absolute atomic E-state index is 12.8. The van der Waals surface area contributed by atoms with Crippen LogP contribution in [-0.4, -0.2) is 66.8 Å². The molecule has 5 heteroatoms. The van der Waals surface area contributed by atoms with Gasteiger partial charge >= 0.3 is 0 Å². The number of carbonyl (C=O) groups is 1. The monoisotopic (exact) mass is 374 g/mol. The Labute approximate surface area is 163 Å². The van der Waals surface area contributed by atoms with Crippen LogP contribution in [0.1, 0.15) is 55.5 Å². The molecule has 1 aromatic carbocycles. The van der Waals surface area contributed by atoms with Crippen molar-refractivity contribution in [3.63, 3.8) is 0 Å². The number of aliphatic hydroxyl groups is 1. The van der Waals surface area contributed by atoms with E-state index < -0.39 is 5.60 Å². The molecule has 1 N–H and O–H groups in total. The van der Waals surface area contributed by atoms with E-state index in [1.165, 1.54) is 19.4 Å². The first-order valence-electron chi connectivity index (χ1n) is 10.2. The van der Waals surface area contributed by atoms with Crippen molar-refractivity contribution >= 4 is 5.91 Å². The number of benzene rings is 1. The number of nitrogens with zero attached hydrogens (tertiary/aromatic N) is 2. The number of rotatable bonds is 5. The van der Waals surface area contributed by atoms with Gasteiger partial charge in [0.25, 0.3) is 5.91 Å². The van der Waals surface area contributed by atoms with Crippen molar-refractivity contribution in [2.24, 2.45) is 5.92 Å². The van der Waals surface area contributed by atoms with Gasteiger partial charge in [-0.2, -0.15) is 0 Å². The number of carbonyl (C=O) groups excluding carboxylic acids is 1. The molecule has 1 amide bonds. The first-order valence-corrected chi connectivity index (χ1v) is 10.2. The second-order valence-electron chi connectivity index (χ2n) is 8.62. The molecule has 0 aliphatic carbocycles. The molecular formula is C22H34N2O3. The zero-order valence-corrected chi connectivity index (χ0v) is 17.0. The summed E-state index contributed by atoms with van der Waals surface area (Å²) in [6.45, 7) is 8.32. The van der Waals surface area contributed by atoms with Crippen molar-refractivity contribution in [3.8, 4) is 0 Å². The molecular weight excluding hydrogens is 340 g/mol. The Morgan fingerprint density at radius 2 is 1.81 bits per heavy atom. The maximum Gasteiger partial charge on any atom is 0.253 e. The molecule has 0 radical (unpaired) electrons. The van der Waals surface area contributed by atoms with E-state index >= 15 is 0 Å². The molecule has 0 aromatic heterocycles. The van der Waals surface area contributed by atoms with Crippen molar-refractivity contribution < 1.29 is 14.6 Å². The predicted octanol–water partition coefficient (Wildman–Crippen LogP) is 2.88. The lowest BCUT2D eigenvalue weighted by Gasteiger charge is -2.42. The number of likely N-dealkylation sites (tertiary alicyclic amines) is 2. The number of piperidine rings is 2. The SMILES string of the molecule is COC[C@@H]1CCCN(C2CCN(C(=O)c3ccc(C(C)(C)O)cc3)CC2)C1. The Kier molecular flexibility index (Phi) is 6.56. The minimum Gasteiger partial charge on any atom is -0.386 e. The predicted molar refractivity (Wildman–Crippen MR) is 107 cm³/mol. The van der Waals surface area contributed by atoms with Crippen LogP contribution < -0.4 is 0 Å². The molecule has 27 heavy (non-hydrogen) atoms. The smallest absolute Gasteiger partial charge is 0.253 e. The van der Waals surface area contributed by atoms with Gasteiger partial charge in [0.15, 0.2) is 0 Å². The minimum absolute atomic E-state index is 0.103. The van der Waals surface area contributed by atoms with E-state index in [2.05, 4.69) is 4.90 Å². The average Bonchev–Trinajstić information content (AvgIpc) is 2.67. The van der Waals surface area contributed by atoms with Gasteiger partial charge in [0.1, 0.15) is 0 Å². The highest BCUT2D eigenvalue weighted by Crippen LogP contribution is 2.25. The van der Waals surface area contributed by atoms with Crippen molar-refractivity contribution in [2.75, 3.05) is 39.9 Å². The molecule has 1 atom stereocenters. The highest BCUT2D eigenvalue weighted by Gasteiger charge is 2.30. The molecule has 0 spiro atoms. The second kappa shape index (κ2) is 8.72. The largest absolute Gasteiger partial charge is 0.386 e. The average molecular weight is 375 g/mol. The van der Waals surface area contributed by atoms with Gasteiger partial charge in [-0.05, 0) is 69.7 Å². The minimum atomic E-state index is -0.880. The van der Waals surface area contributed by atoms with Gasteiger partial charge in [-0.15, -0.1) is 0 Å². The topological polar surface area (TPSA) is 53.0 Å². The molecule has 0 saturated carbocycles. The van der Waals surface area contributed by atoms with Crippen molar-refractivity contribution in [1.29, 1.82) is 0 Å². The van der Waals surface area contributed by atoms with E-state index in [4.69, 9.17) is 4.74 Å². The standard InChI is InChI=1S/C22H34N2O3/c1-22(2,26)19-8-6-18(7-9-19)21(25)23-13-10-20(11-14-23)24-12-4-5-17(15-24)16-27-3/h6-9,17,20,26H,4-5,10-16H2,1-3H3/t17-/m1/s1. The van der Waals surface area contributed by atoms with Crippen LogP contribution in [0.4, 0.5) is 0 Å². The lowest BCUT2D eigenvalue weighted by molar-refractivity contribution is 0.0390. The van der Waals surface area contributed by atoms with Gasteiger partial charge in [0, 0.05) is 38.3 Å². The van der Waals surface area contributed by atoms with Crippen LogP contribution in [0.15, 0.2) is 24.3 Å². The zero-order chi connectivity index (χ0) is 19.4. The van der Waals surface area contributed by atoms with Gasteiger partial charge in [0.2, 0.25) is 0 Å². The third-order valence-corrected chi connectivity index (χ3v) is 6.06. The van der Waals surface area contributed by atoms with E-state index in [9.17, 15) is 9.90 Å². The van der Waals surface area contributed by atoms with E-state index in [1.54, 1.807) is 21.0 Å². The lowest BCUT2D eigenvalue weighted by Crippen LogP contribution is -2.50. The number of ether oxygens (including phenoxy) is 1. The Morgan fingerprint density at radius 1 is 1.15 bits per heavy atom. The third-order valence-electron chi connectivity index (χ3n) is 6.06. The zero-order valence-electron chi connectivity index (χ0n) is 17.0. The number of amides is 1. The summed E-state index contributed by atoms with van der Waals surface area (Å²) in [5.74, 6) is 0.754. The maximum atomic E-state index is 12.8. The summed E-state index contributed by atoms with van der Waals surface area (Å²) in [6.07, 6.45) is 4.61. The fourth-order valence-corrected chi connectivity index (χ4v) is 4.44. The molecule has 0 bridgehead atoms. The molecule has 2 aliphatic heterocycles. The van der Waals surface area contributed by atoms with Gasteiger partial charge in [-0.3, -0.25) is 9.69 Å². The van der Waals surface area contributed by atoms with Gasteiger partial charge in [-0.25, -0.2) is 0 Å². The van der Waals surface area contributed by atoms with E-state index in [1.807, 2.05) is 29.2 Å². The third kappa shape index (κ3) is 5.09. The Morgan fingerprint density at radius 3 is 2.41 bits per heavy atom. The lowest BCUT2D eigenvalue weighted by atomic mass is 9.94. The Hall–Kier alpha value is -1.43. The summed E-state index contributed by atoms with van der Waals surface area (Å²) in [7, 11) is 1.79. The summed E-state index contributed by atoms with van der Waals surface area (Å²) >= 11 is 0. The summed E-state index contributed by atoms with van der Waals surface area (Å²) in [5, 5.41) is 10.1. The quantitative estimate of drug-likeness (QED) is 0.861. The molecule has 1 aromatic rings. The number of hydrogen-bond acceptors (Lipinski definition) is 4. The molecule has 5 nitrogen and oxygen atoms in total. The normalized spacial score (nSPS) is 22.8. The van der Waals surface area contributed by atoms with Crippen molar-refractivity contribution in [3.05, 3.63) is 35.4 Å². The molecule has 2 fully saturated rings. The highest BCUT2D eigenvalue weighted by molar-refractivity contribution is 5.94. The summed E-state index contributed by atoms with van der Waals surface area (Å²) in [4.78, 5) is 17.4. The second-order valence-corrected chi connectivity index (χ2v) is 8.62. The van der Waals surface area contributed by atoms with E-state index in [0.29, 0.717) is 17.5 Å². The number of hydrogen-bond donors (Lipinski definition) is 1. The Bertz CT molecular complexity index is 613. The van der Waals surface area contributed by atoms with Gasteiger partial charge in [0.05, 0.1) is 12.2 Å². The first-order chi connectivity index (χ1) is 12.9. The van der Waals surface area contributed by atoms with Crippen LogP contribution in [0.25, 0.3) is 0 Å². The highest BCUT2D eigenvalue weighted by atomic mass is 16.5. The molecule has 150 valence electrons. The number of methoxy groups -OCH3 is 1. The van der Waals surface area contributed by atoms with Crippen LogP contribution in [0, 0.1) is 5.92 Å². The fraction of sp³-hybridized carbons (Fsp3) is 0.682. The first kappa shape index (κ1) is 20.3. The van der Waals surface area contributed by atoms with Crippen LogP contribution in [0.5, 0.6) is 0 Å². The summed E-state index contributed by atoms with van der Waals surface area (Å²) < 4.78 is 5.35. The van der Waals surface area contributed by atoms with E-state index in [0.717, 1.165) is 44.6 Å². The van der Waals surface area contributed by atoms with Crippen molar-refractivity contribution in [1.82, 2.24) is 9.80 Å². The van der Waals surface area contributed by atoms with Crippen LogP contribution in [-0.2, 0) is 10.3 Å². The summed E-state index contributed by atoms with van der Waals surface area (Å²) in [6, 6.07) is 7.96. The van der Waals surface area contributed by atoms with Crippen LogP contribution in [0.3, 0.4) is 0 Å². The Balaban J connectivity index is 1.53. The van der Waals surface area contributed by atoms with E-state index in [-0.39, 0.29) is 5.91 Å². The molecule has 2 heterocycles. The van der Waals surface area contributed by atoms with Gasteiger partial charge in [-0.1, -0.05) is 12.1 Å². The summed E-state index contributed by atoms with van der Waals surface area (Å²) in [5.41, 5.74) is 0.655. The van der Waals surface area contributed by atoms with Crippen LogP contribution >= 0.6 is 0 Å². The van der Waals surface area contributed by atoms with Crippen molar-refractivity contribution in [2.45, 2.75) is 51.2 Å². The van der Waals surface area contributed by atoms with Gasteiger partial charge < -0.3 is 14.7 Å². The molecule has 3 rings (SSSR count).